The minimum Gasteiger partial charge on any atom is -0.507 e. The molecule has 1 aromatic rings. The molecule has 1 N–H and O–H groups in total. The molecule has 1 amide bonds. The zero-order valence-electron chi connectivity index (χ0n) is 9.95. The van der Waals surface area contributed by atoms with Crippen LogP contribution in [0.4, 0.5) is 5.69 Å². The molecule has 2 rings (SSSR count). The summed E-state index contributed by atoms with van der Waals surface area (Å²) in [6.45, 7) is 0. The summed E-state index contributed by atoms with van der Waals surface area (Å²) < 4.78 is 5.10. The summed E-state index contributed by atoms with van der Waals surface area (Å²) >= 11 is 0. The number of nitrogens with one attached hydrogen (secondary N) is 1. The maximum Gasteiger partial charge on any atom is 1.00 e. The van der Waals surface area contributed by atoms with E-state index in [9.17, 15) is 9.59 Å². The van der Waals surface area contributed by atoms with Gasteiger partial charge in [0.25, 0.3) is 0 Å². The topological polar surface area (TPSA) is 55.4 Å². The van der Waals surface area contributed by atoms with Gasteiger partial charge in [-0.3, -0.25) is 4.79 Å². The van der Waals surface area contributed by atoms with Gasteiger partial charge >= 0.3 is 51.4 Å². The Morgan fingerprint density at radius 1 is 1.47 bits per heavy atom. The summed E-state index contributed by atoms with van der Waals surface area (Å²) in [6.07, 6.45) is 3.68. The first-order valence-corrected chi connectivity index (χ1v) is 5.11. The van der Waals surface area contributed by atoms with Crippen LogP contribution in [-0.2, 0) is 9.59 Å². The summed E-state index contributed by atoms with van der Waals surface area (Å²) in [5, 5.41) is 2.78. The molecule has 1 aliphatic carbocycles. The zero-order chi connectivity index (χ0) is 11.5. The summed E-state index contributed by atoms with van der Waals surface area (Å²) in [5.74, 6) is 0.637. The first-order valence-electron chi connectivity index (χ1n) is 5.11. The van der Waals surface area contributed by atoms with E-state index in [2.05, 4.69) is 5.32 Å². The van der Waals surface area contributed by atoms with E-state index in [1.165, 1.54) is 7.11 Å². The molecule has 1 fully saturated rings. The molecule has 0 heterocycles. The number of carbonyl (C=O) groups excluding carboxylic acids is 2. The molecule has 0 aliphatic heterocycles. The van der Waals surface area contributed by atoms with E-state index in [1.807, 2.05) is 0 Å². The van der Waals surface area contributed by atoms with Crippen molar-refractivity contribution < 1.29 is 65.7 Å². The Labute approximate surface area is 143 Å². The molecule has 17 heavy (non-hydrogen) atoms. The Kier molecular flexibility index (Phi) is 5.82. The maximum absolute atomic E-state index is 11.6. The van der Waals surface area contributed by atoms with Crippen molar-refractivity contribution in [3.8, 4) is 5.75 Å². The Bertz CT molecular complexity index is 430. The van der Waals surface area contributed by atoms with Gasteiger partial charge in [0.05, 0.1) is 24.8 Å². The van der Waals surface area contributed by atoms with Gasteiger partial charge in [0.15, 0.2) is 0 Å². The van der Waals surface area contributed by atoms with Crippen LogP contribution in [0.15, 0.2) is 18.2 Å². The van der Waals surface area contributed by atoms with Crippen LogP contribution in [0.1, 0.15) is 18.4 Å². The van der Waals surface area contributed by atoms with E-state index in [-0.39, 0.29) is 63.2 Å². The van der Waals surface area contributed by atoms with E-state index >= 15 is 0 Å². The van der Waals surface area contributed by atoms with Crippen molar-refractivity contribution in [3.63, 3.8) is 0 Å². The van der Waals surface area contributed by atoms with Crippen molar-refractivity contribution >= 4 is 17.9 Å². The van der Waals surface area contributed by atoms with Crippen molar-refractivity contribution in [2.75, 3.05) is 12.4 Å². The molecule has 0 saturated heterocycles. The molecular weight excluding hydrogens is 245 g/mol. The maximum atomic E-state index is 11.6. The van der Waals surface area contributed by atoms with Crippen LogP contribution in [0.25, 0.3) is 0 Å². The van der Waals surface area contributed by atoms with E-state index in [0.717, 1.165) is 12.8 Å². The fraction of sp³-hybridized carbons (Fsp3) is 0.333. The number of anilines is 1. The van der Waals surface area contributed by atoms with Gasteiger partial charge < -0.3 is 14.8 Å². The van der Waals surface area contributed by atoms with Crippen LogP contribution in [0.5, 0.6) is 5.75 Å². The number of hydrogen-bond donors (Lipinski definition) is 1. The van der Waals surface area contributed by atoms with Crippen LogP contribution in [0.2, 0.25) is 0 Å². The number of carbonyl (C=O) groups is 1. The van der Waals surface area contributed by atoms with Gasteiger partial charge in [-0.1, -0.05) is 6.07 Å². The molecule has 1 saturated carbocycles. The number of ether oxygens (including phenoxy) is 1. The standard InChI is InChI=1S/C12H12NO3.K/c1-16-11-6-8(7-14)2-5-10(11)13-12(15)9-3-4-9;/h2,5-6,9H,3-4H2,1H3,(H,13,15);/q-1;+1. The van der Waals surface area contributed by atoms with Crippen LogP contribution in [0, 0.1) is 5.92 Å². The van der Waals surface area contributed by atoms with Gasteiger partial charge in [0.1, 0.15) is 0 Å². The third kappa shape index (κ3) is 3.89. The molecular formula is C12H12KNO3. The number of rotatable bonds is 4. The fourth-order valence-corrected chi connectivity index (χ4v) is 1.44. The summed E-state index contributed by atoms with van der Waals surface area (Å²) in [6, 6.07) is 4.80. The van der Waals surface area contributed by atoms with Gasteiger partial charge in [-0.2, -0.15) is 6.07 Å². The molecule has 4 nitrogen and oxygen atoms in total. The third-order valence-corrected chi connectivity index (χ3v) is 2.53. The van der Waals surface area contributed by atoms with Crippen LogP contribution < -0.4 is 61.4 Å². The minimum absolute atomic E-state index is 0. The van der Waals surface area contributed by atoms with E-state index < -0.39 is 0 Å². The Morgan fingerprint density at radius 3 is 2.71 bits per heavy atom. The first kappa shape index (κ1) is 14.9. The molecule has 84 valence electrons. The summed E-state index contributed by atoms with van der Waals surface area (Å²) in [5.41, 5.74) is 1.000. The molecule has 5 heteroatoms. The van der Waals surface area contributed by atoms with Crippen molar-refractivity contribution in [2.45, 2.75) is 12.8 Å². The fourth-order valence-electron chi connectivity index (χ4n) is 1.44. The van der Waals surface area contributed by atoms with Crippen molar-refractivity contribution in [2.24, 2.45) is 5.92 Å². The van der Waals surface area contributed by atoms with Crippen molar-refractivity contribution in [1.29, 1.82) is 0 Å². The molecule has 0 bridgehead atoms. The van der Waals surface area contributed by atoms with Crippen molar-refractivity contribution in [1.82, 2.24) is 0 Å². The number of methoxy groups -OCH3 is 1. The average molecular weight is 257 g/mol. The third-order valence-electron chi connectivity index (χ3n) is 2.53. The normalized spacial score (nSPS) is 13.5. The number of benzene rings is 1. The second-order valence-corrected chi connectivity index (χ2v) is 3.78. The second-order valence-electron chi connectivity index (χ2n) is 3.78. The monoisotopic (exact) mass is 257 g/mol. The predicted octanol–water partition coefficient (Wildman–Crippen LogP) is -1.49. The van der Waals surface area contributed by atoms with Crippen LogP contribution in [-0.4, -0.2) is 19.3 Å². The first-order chi connectivity index (χ1) is 7.74. The number of hydrogen-bond acceptors (Lipinski definition) is 3. The van der Waals surface area contributed by atoms with Gasteiger partial charge in [-0.15, -0.1) is 11.6 Å². The minimum atomic E-state index is 0. The van der Waals surface area contributed by atoms with Gasteiger partial charge in [-0.05, 0) is 12.8 Å². The van der Waals surface area contributed by atoms with Gasteiger partial charge in [0, 0.05) is 5.92 Å². The van der Waals surface area contributed by atoms with Crippen LogP contribution >= 0.6 is 0 Å². The Balaban J connectivity index is 0.00000144. The molecule has 0 unspecified atom stereocenters. The second kappa shape index (κ2) is 6.65. The van der Waals surface area contributed by atoms with Crippen LogP contribution in [0.3, 0.4) is 0 Å². The quantitative estimate of drug-likeness (QED) is 0.528. The summed E-state index contributed by atoms with van der Waals surface area (Å²) in [4.78, 5) is 22.0. The predicted molar refractivity (Wildman–Crippen MR) is 59.1 cm³/mol. The van der Waals surface area contributed by atoms with Gasteiger partial charge in [-0.25, -0.2) is 0 Å². The van der Waals surface area contributed by atoms with Crippen molar-refractivity contribution in [3.05, 3.63) is 23.8 Å². The molecule has 1 aliphatic rings. The molecule has 0 aromatic heterocycles. The average Bonchev–Trinajstić information content (AvgIpc) is 3.13. The smallest absolute Gasteiger partial charge is 0.507 e. The number of amides is 1. The van der Waals surface area contributed by atoms with E-state index in [4.69, 9.17) is 4.74 Å². The Morgan fingerprint density at radius 2 is 2.18 bits per heavy atom. The SMILES string of the molecule is COc1cc([C-]=O)ccc1NC(=O)C1CC1.[K+]. The van der Waals surface area contributed by atoms with E-state index in [1.54, 1.807) is 24.5 Å². The van der Waals surface area contributed by atoms with E-state index in [0.29, 0.717) is 17.0 Å². The molecule has 0 atom stereocenters. The molecule has 1 aromatic carbocycles. The molecule has 0 radical (unpaired) electrons. The zero-order valence-corrected chi connectivity index (χ0v) is 13.1. The summed E-state index contributed by atoms with van der Waals surface area (Å²) in [7, 11) is 1.50. The van der Waals surface area contributed by atoms with Gasteiger partial charge in [0.2, 0.25) is 5.91 Å². The largest absolute Gasteiger partial charge is 1.00 e. The molecule has 0 spiro atoms. The Hall–Kier alpha value is -0.204.